The summed E-state index contributed by atoms with van der Waals surface area (Å²) in [6.07, 6.45) is 3.99. The van der Waals surface area contributed by atoms with Crippen LogP contribution in [0.5, 0.6) is 0 Å². The van der Waals surface area contributed by atoms with Gasteiger partial charge in [0.2, 0.25) is 0 Å². The van der Waals surface area contributed by atoms with Gasteiger partial charge < -0.3 is 9.84 Å². The van der Waals surface area contributed by atoms with Crippen molar-refractivity contribution in [3.05, 3.63) is 0 Å². The fourth-order valence-corrected chi connectivity index (χ4v) is 3.63. The molecule has 1 aliphatic carbocycles. The van der Waals surface area contributed by atoms with Crippen LogP contribution in [-0.2, 0) is 4.74 Å². The van der Waals surface area contributed by atoms with E-state index in [1.54, 1.807) is 7.11 Å². The lowest BCUT2D eigenvalue weighted by Gasteiger charge is -2.51. The Balaban J connectivity index is 2.95. The molecule has 20 heavy (non-hydrogen) atoms. The highest BCUT2D eigenvalue weighted by Gasteiger charge is 2.43. The van der Waals surface area contributed by atoms with Crippen molar-refractivity contribution in [1.82, 2.24) is 4.90 Å². The molecule has 0 aliphatic heterocycles. The Labute approximate surface area is 125 Å². The number of rotatable bonds is 6. The number of methoxy groups -OCH3 is 1. The molecule has 0 amide bonds. The summed E-state index contributed by atoms with van der Waals surface area (Å²) in [5, 5.41) is 10.1. The van der Waals surface area contributed by atoms with Crippen molar-refractivity contribution in [3.63, 3.8) is 0 Å². The number of hydrogen-bond donors (Lipinski definition) is 1. The summed E-state index contributed by atoms with van der Waals surface area (Å²) in [5.41, 5.74) is 0.320. The van der Waals surface area contributed by atoms with Gasteiger partial charge in [-0.2, -0.15) is 0 Å². The van der Waals surface area contributed by atoms with Gasteiger partial charge in [-0.3, -0.25) is 4.90 Å². The number of aliphatic hydroxyl groups is 1. The van der Waals surface area contributed by atoms with Gasteiger partial charge in [0.05, 0.1) is 12.7 Å². The van der Waals surface area contributed by atoms with Crippen LogP contribution in [0.3, 0.4) is 0 Å². The predicted molar refractivity (Wildman–Crippen MR) is 84.9 cm³/mol. The zero-order valence-corrected chi connectivity index (χ0v) is 14.6. The second-order valence-corrected chi connectivity index (χ2v) is 7.84. The summed E-state index contributed by atoms with van der Waals surface area (Å²) in [4.78, 5) is 2.45. The third-order valence-electron chi connectivity index (χ3n) is 5.65. The fourth-order valence-electron chi connectivity index (χ4n) is 3.63. The molecule has 3 heteroatoms. The van der Waals surface area contributed by atoms with Crippen LogP contribution in [0.2, 0.25) is 0 Å². The first-order chi connectivity index (χ1) is 9.15. The lowest BCUT2D eigenvalue weighted by molar-refractivity contribution is -0.0597. The standard InChI is InChI=1S/C17H35NO2/c1-8-16(2,3)14-10-9-13(19)11-15(14)18(6)17(4,5)12-20-7/h13-15,19H,8-12H2,1-7H3. The Morgan fingerprint density at radius 1 is 1.20 bits per heavy atom. The Bertz CT molecular complexity index is 301. The molecule has 1 aliphatic rings. The maximum Gasteiger partial charge on any atom is 0.0641 e. The van der Waals surface area contributed by atoms with Gasteiger partial charge in [-0.05, 0) is 51.5 Å². The van der Waals surface area contributed by atoms with Crippen molar-refractivity contribution in [2.24, 2.45) is 11.3 Å². The molecule has 3 nitrogen and oxygen atoms in total. The van der Waals surface area contributed by atoms with Gasteiger partial charge in [0.15, 0.2) is 0 Å². The van der Waals surface area contributed by atoms with Crippen molar-refractivity contribution in [2.75, 3.05) is 20.8 Å². The van der Waals surface area contributed by atoms with Crippen molar-refractivity contribution in [1.29, 1.82) is 0 Å². The lowest BCUT2D eigenvalue weighted by Crippen LogP contribution is -2.57. The molecule has 1 saturated carbocycles. The van der Waals surface area contributed by atoms with Gasteiger partial charge in [-0.25, -0.2) is 0 Å². The lowest BCUT2D eigenvalue weighted by atomic mass is 9.66. The molecule has 0 heterocycles. The molecule has 120 valence electrons. The van der Waals surface area contributed by atoms with E-state index in [-0.39, 0.29) is 11.6 Å². The average Bonchev–Trinajstić information content (AvgIpc) is 2.37. The molecule has 0 bridgehead atoms. The van der Waals surface area contributed by atoms with E-state index < -0.39 is 0 Å². The van der Waals surface area contributed by atoms with Crippen LogP contribution >= 0.6 is 0 Å². The van der Waals surface area contributed by atoms with E-state index in [1.165, 1.54) is 6.42 Å². The molecule has 1 fully saturated rings. The Kier molecular flexibility index (Phi) is 6.06. The average molecular weight is 285 g/mol. The second-order valence-electron chi connectivity index (χ2n) is 7.84. The van der Waals surface area contributed by atoms with Crippen molar-refractivity contribution >= 4 is 0 Å². The Morgan fingerprint density at radius 3 is 2.30 bits per heavy atom. The van der Waals surface area contributed by atoms with Crippen molar-refractivity contribution < 1.29 is 9.84 Å². The predicted octanol–water partition coefficient (Wildman–Crippen LogP) is 3.31. The molecule has 1 N–H and O–H groups in total. The summed E-state index contributed by atoms with van der Waals surface area (Å²) in [7, 11) is 3.96. The van der Waals surface area contributed by atoms with Gasteiger partial charge in [-0.15, -0.1) is 0 Å². The molecule has 0 aromatic rings. The normalized spacial score (nSPS) is 28.9. The highest BCUT2D eigenvalue weighted by molar-refractivity contribution is 4.96. The SMILES string of the molecule is CCC(C)(C)C1CCC(O)CC1N(C)C(C)(C)COC. The molecule has 0 spiro atoms. The molecule has 3 unspecified atom stereocenters. The van der Waals surface area contributed by atoms with Gasteiger partial charge in [0, 0.05) is 18.7 Å². The van der Waals surface area contributed by atoms with Crippen LogP contribution in [0, 0.1) is 11.3 Å². The molecule has 0 aromatic heterocycles. The summed E-state index contributed by atoms with van der Waals surface area (Å²) < 4.78 is 5.39. The third kappa shape index (κ3) is 3.96. The molecule has 1 rings (SSSR count). The quantitative estimate of drug-likeness (QED) is 0.812. The van der Waals surface area contributed by atoms with E-state index >= 15 is 0 Å². The molecule has 0 radical (unpaired) electrons. The van der Waals surface area contributed by atoms with Crippen LogP contribution < -0.4 is 0 Å². The van der Waals surface area contributed by atoms with Gasteiger partial charge in [-0.1, -0.05) is 27.2 Å². The Morgan fingerprint density at radius 2 is 1.80 bits per heavy atom. The first kappa shape index (κ1) is 17.9. The zero-order chi connectivity index (χ0) is 15.6. The Hall–Kier alpha value is -0.120. The minimum absolute atomic E-state index is 0.00144. The number of ether oxygens (including phenoxy) is 1. The van der Waals surface area contributed by atoms with Crippen LogP contribution in [0.1, 0.15) is 60.3 Å². The zero-order valence-electron chi connectivity index (χ0n) is 14.6. The number of nitrogens with zero attached hydrogens (tertiary/aromatic N) is 1. The fraction of sp³-hybridized carbons (Fsp3) is 1.00. The first-order valence-corrected chi connectivity index (χ1v) is 8.05. The molecule has 0 saturated heterocycles. The number of aliphatic hydroxyl groups excluding tert-OH is 1. The highest BCUT2D eigenvalue weighted by atomic mass is 16.5. The first-order valence-electron chi connectivity index (χ1n) is 8.05. The molecule has 3 atom stereocenters. The van der Waals surface area contributed by atoms with Crippen LogP contribution in [0.15, 0.2) is 0 Å². The van der Waals surface area contributed by atoms with Crippen LogP contribution in [0.4, 0.5) is 0 Å². The van der Waals surface area contributed by atoms with E-state index in [4.69, 9.17) is 4.74 Å². The topological polar surface area (TPSA) is 32.7 Å². The molecule has 0 aromatic carbocycles. The van der Waals surface area contributed by atoms with E-state index in [0.717, 1.165) is 25.9 Å². The molecular formula is C17H35NO2. The minimum atomic E-state index is -0.148. The van der Waals surface area contributed by atoms with E-state index in [2.05, 4.69) is 46.6 Å². The minimum Gasteiger partial charge on any atom is -0.393 e. The van der Waals surface area contributed by atoms with Crippen molar-refractivity contribution in [2.45, 2.75) is 78.0 Å². The van der Waals surface area contributed by atoms with Gasteiger partial charge >= 0.3 is 0 Å². The summed E-state index contributed by atoms with van der Waals surface area (Å²) >= 11 is 0. The van der Waals surface area contributed by atoms with Gasteiger partial charge in [0.1, 0.15) is 0 Å². The van der Waals surface area contributed by atoms with Crippen LogP contribution in [-0.4, -0.2) is 48.5 Å². The summed E-state index contributed by atoms with van der Waals surface area (Å²) in [5.74, 6) is 0.636. The maximum absolute atomic E-state index is 10.1. The second kappa shape index (κ2) is 6.76. The number of hydrogen-bond acceptors (Lipinski definition) is 3. The molecular weight excluding hydrogens is 250 g/mol. The van der Waals surface area contributed by atoms with Crippen molar-refractivity contribution in [3.8, 4) is 0 Å². The largest absolute Gasteiger partial charge is 0.393 e. The summed E-state index contributed by atoms with van der Waals surface area (Å²) in [6, 6.07) is 0.429. The monoisotopic (exact) mass is 285 g/mol. The summed E-state index contributed by atoms with van der Waals surface area (Å²) in [6.45, 7) is 12.2. The van der Waals surface area contributed by atoms with Gasteiger partial charge in [0.25, 0.3) is 0 Å². The highest BCUT2D eigenvalue weighted by Crippen LogP contribution is 2.43. The van der Waals surface area contributed by atoms with E-state index in [0.29, 0.717) is 17.4 Å². The number of likely N-dealkylation sites (N-methyl/N-ethyl adjacent to an activating group) is 1. The van der Waals surface area contributed by atoms with Crippen LogP contribution in [0.25, 0.3) is 0 Å². The van der Waals surface area contributed by atoms with E-state index in [1.807, 2.05) is 0 Å². The smallest absolute Gasteiger partial charge is 0.0641 e. The maximum atomic E-state index is 10.1. The van der Waals surface area contributed by atoms with E-state index in [9.17, 15) is 5.11 Å². The third-order valence-corrected chi connectivity index (χ3v) is 5.65.